The summed E-state index contributed by atoms with van der Waals surface area (Å²) in [5, 5.41) is 8.14. The third-order valence-electron chi connectivity index (χ3n) is 3.39. The van der Waals surface area contributed by atoms with Gasteiger partial charge in [-0.15, -0.1) is 0 Å². The Balaban J connectivity index is 0.000000339. The Morgan fingerprint density at radius 2 is 0.789 bits per heavy atom. The van der Waals surface area contributed by atoms with E-state index in [1.807, 2.05) is 4.91 Å². The lowest BCUT2D eigenvalue weighted by atomic mass is 9.95. The van der Waals surface area contributed by atoms with Crippen LogP contribution in [0.5, 0.6) is 0 Å². The van der Waals surface area contributed by atoms with Crippen molar-refractivity contribution >= 4 is 32.3 Å². The molecule has 0 atom stereocenters. The second-order valence-corrected chi connectivity index (χ2v) is 4.40. The molecule has 4 aromatic carbocycles. The molecule has 0 heterocycles. The molecule has 0 unspecified atom stereocenters. The SMILES string of the molecule is N=[N+]=N.c1cc2ccc3cccc4ccc(c1)c2c34. The van der Waals surface area contributed by atoms with Gasteiger partial charge in [0.05, 0.1) is 0 Å². The first-order chi connectivity index (χ1) is 9.35. The highest BCUT2D eigenvalue weighted by atomic mass is 15.0. The van der Waals surface area contributed by atoms with Crippen LogP contribution in [0.25, 0.3) is 32.3 Å². The molecule has 0 saturated heterocycles. The third-order valence-corrected chi connectivity index (χ3v) is 3.39. The zero-order chi connectivity index (χ0) is 13.2. The molecule has 19 heavy (non-hydrogen) atoms. The fraction of sp³-hybridized carbons (Fsp3) is 0. The Bertz CT molecular complexity index is 760. The number of nitrogens with zero attached hydrogens (tertiary/aromatic N) is 1. The van der Waals surface area contributed by atoms with Crippen molar-refractivity contribution in [3.8, 4) is 0 Å². The van der Waals surface area contributed by atoms with Crippen molar-refractivity contribution in [2.75, 3.05) is 0 Å². The summed E-state index contributed by atoms with van der Waals surface area (Å²) < 4.78 is 0. The minimum Gasteiger partial charge on any atom is -0.0610 e. The van der Waals surface area contributed by atoms with Crippen molar-refractivity contribution in [1.29, 1.82) is 11.1 Å². The van der Waals surface area contributed by atoms with Crippen LogP contribution >= 0.6 is 0 Å². The monoisotopic (exact) mass is 246 g/mol. The van der Waals surface area contributed by atoms with E-state index in [1.165, 1.54) is 32.3 Å². The molecule has 0 bridgehead atoms. The number of hydrogen-bond donors (Lipinski definition) is 2. The minimum absolute atomic E-state index is 1.34. The summed E-state index contributed by atoms with van der Waals surface area (Å²) >= 11 is 0. The van der Waals surface area contributed by atoms with Crippen molar-refractivity contribution in [2.24, 2.45) is 0 Å². The van der Waals surface area contributed by atoms with Crippen LogP contribution in [-0.4, -0.2) is 0 Å². The maximum atomic E-state index is 5.50. The van der Waals surface area contributed by atoms with Gasteiger partial charge in [0.25, 0.3) is 0 Å². The standard InChI is InChI=1S/C16H10.H2N3/c1-3-11-7-9-13-5-2-6-14-10-8-12(4-1)15(11)16(13)14;1-3-2/h1-10H;1-2H/q;+1. The van der Waals surface area contributed by atoms with Crippen LogP contribution in [-0.2, 0) is 0 Å². The van der Waals surface area contributed by atoms with E-state index in [9.17, 15) is 0 Å². The second-order valence-electron chi connectivity index (χ2n) is 4.40. The van der Waals surface area contributed by atoms with Crippen LogP contribution in [0.15, 0.2) is 60.7 Å². The maximum absolute atomic E-state index is 5.50. The zero-order valence-electron chi connectivity index (χ0n) is 10.2. The minimum atomic E-state index is 1.34. The molecule has 0 aliphatic carbocycles. The van der Waals surface area contributed by atoms with Gasteiger partial charge in [0.15, 0.2) is 0 Å². The number of benzene rings is 4. The van der Waals surface area contributed by atoms with E-state index in [2.05, 4.69) is 60.7 Å². The normalized spacial score (nSPS) is 10.3. The van der Waals surface area contributed by atoms with E-state index in [0.717, 1.165) is 0 Å². The van der Waals surface area contributed by atoms with Crippen LogP contribution in [0, 0.1) is 11.1 Å². The van der Waals surface area contributed by atoms with E-state index in [4.69, 9.17) is 11.1 Å². The first-order valence-electron chi connectivity index (χ1n) is 6.01. The van der Waals surface area contributed by atoms with Gasteiger partial charge >= 0.3 is 0 Å². The lowest BCUT2D eigenvalue weighted by Crippen LogP contribution is -1.82. The largest absolute Gasteiger partial charge is 0.211 e. The Morgan fingerprint density at radius 3 is 1.05 bits per heavy atom. The predicted molar refractivity (Wildman–Crippen MR) is 77.7 cm³/mol. The topological polar surface area (TPSA) is 61.8 Å². The van der Waals surface area contributed by atoms with Gasteiger partial charge in [0.1, 0.15) is 11.1 Å². The molecule has 3 heteroatoms. The fourth-order valence-electron chi connectivity index (χ4n) is 2.67. The predicted octanol–water partition coefficient (Wildman–Crippen LogP) is 4.70. The molecule has 0 aliphatic rings. The summed E-state index contributed by atoms with van der Waals surface area (Å²) in [6, 6.07) is 21.9. The molecule has 3 nitrogen and oxygen atoms in total. The summed E-state index contributed by atoms with van der Waals surface area (Å²) in [5.74, 6) is 0. The number of hydrogen-bond acceptors (Lipinski definition) is 2. The van der Waals surface area contributed by atoms with E-state index in [0.29, 0.717) is 0 Å². The van der Waals surface area contributed by atoms with Gasteiger partial charge in [-0.3, -0.25) is 0 Å². The molecule has 0 aliphatic heterocycles. The van der Waals surface area contributed by atoms with E-state index in [1.54, 1.807) is 0 Å². The summed E-state index contributed by atoms with van der Waals surface area (Å²) in [7, 11) is 0. The molecule has 2 N–H and O–H groups in total. The summed E-state index contributed by atoms with van der Waals surface area (Å²) in [4.78, 5) is 2.00. The second kappa shape index (κ2) is 4.48. The van der Waals surface area contributed by atoms with Crippen molar-refractivity contribution in [3.63, 3.8) is 0 Å². The molecule has 0 spiro atoms. The van der Waals surface area contributed by atoms with E-state index in [-0.39, 0.29) is 0 Å². The molecular weight excluding hydrogens is 234 g/mol. The van der Waals surface area contributed by atoms with Gasteiger partial charge < -0.3 is 0 Å². The Kier molecular flexibility index (Phi) is 2.67. The molecular formula is C16H12N3+. The van der Waals surface area contributed by atoms with Gasteiger partial charge in [-0.05, 0) is 32.3 Å². The molecule has 4 rings (SSSR count). The van der Waals surface area contributed by atoms with Gasteiger partial charge in [-0.2, -0.15) is 0 Å². The van der Waals surface area contributed by atoms with Crippen molar-refractivity contribution < 1.29 is 0 Å². The van der Waals surface area contributed by atoms with Crippen molar-refractivity contribution in [3.05, 3.63) is 60.7 Å². The summed E-state index contributed by atoms with van der Waals surface area (Å²) in [5.41, 5.74) is 11.0. The van der Waals surface area contributed by atoms with Crippen molar-refractivity contribution in [1.82, 2.24) is 4.91 Å². The first kappa shape index (κ1) is 11.3. The maximum Gasteiger partial charge on any atom is 0.211 e. The lowest BCUT2D eigenvalue weighted by Gasteiger charge is -2.09. The zero-order valence-corrected chi connectivity index (χ0v) is 10.2. The van der Waals surface area contributed by atoms with Crippen LogP contribution in [0.1, 0.15) is 0 Å². The number of nitrogens with one attached hydrogen (secondary N) is 2. The highest BCUT2D eigenvalue weighted by Crippen LogP contribution is 2.33. The molecule has 0 amide bonds. The first-order valence-corrected chi connectivity index (χ1v) is 6.01. The van der Waals surface area contributed by atoms with E-state index >= 15 is 0 Å². The molecule has 0 fully saturated rings. The van der Waals surface area contributed by atoms with E-state index < -0.39 is 0 Å². The lowest BCUT2D eigenvalue weighted by molar-refractivity contribution is 0.928. The summed E-state index contributed by atoms with van der Waals surface area (Å²) in [6.45, 7) is 0. The molecule has 4 aromatic rings. The Hall–Kier alpha value is -2.77. The van der Waals surface area contributed by atoms with Crippen LogP contribution in [0.2, 0.25) is 0 Å². The molecule has 90 valence electrons. The van der Waals surface area contributed by atoms with Crippen molar-refractivity contribution in [2.45, 2.75) is 0 Å². The Morgan fingerprint density at radius 1 is 0.526 bits per heavy atom. The van der Waals surface area contributed by atoms with Crippen LogP contribution in [0.3, 0.4) is 0 Å². The van der Waals surface area contributed by atoms with Gasteiger partial charge in [0, 0.05) is 0 Å². The average Bonchev–Trinajstić information content (AvgIpc) is 2.46. The highest BCUT2D eigenvalue weighted by Gasteiger charge is 2.05. The smallest absolute Gasteiger partial charge is 0.0610 e. The molecule has 0 saturated carbocycles. The molecule has 0 radical (unpaired) electrons. The fourth-order valence-corrected chi connectivity index (χ4v) is 2.67. The average molecular weight is 246 g/mol. The van der Waals surface area contributed by atoms with Gasteiger partial charge in [-0.25, -0.2) is 0 Å². The number of rotatable bonds is 0. The van der Waals surface area contributed by atoms with Gasteiger partial charge in [0.2, 0.25) is 4.91 Å². The quantitative estimate of drug-likeness (QED) is 0.257. The summed E-state index contributed by atoms with van der Waals surface area (Å²) in [6.07, 6.45) is 0. The van der Waals surface area contributed by atoms with Crippen LogP contribution < -0.4 is 4.91 Å². The third kappa shape index (κ3) is 1.73. The molecule has 0 aromatic heterocycles. The Labute approximate surface area is 109 Å². The van der Waals surface area contributed by atoms with Crippen LogP contribution in [0.4, 0.5) is 0 Å². The van der Waals surface area contributed by atoms with Gasteiger partial charge in [-0.1, -0.05) is 60.7 Å². The highest BCUT2D eigenvalue weighted by molar-refractivity contribution is 6.22.